The topological polar surface area (TPSA) is 40.7 Å². The molecule has 2 aromatic heterocycles. The molecule has 19 heavy (non-hydrogen) atoms. The van der Waals surface area contributed by atoms with Crippen LogP contribution in [0.2, 0.25) is 0 Å². The molecule has 2 N–H and O–H groups in total. The summed E-state index contributed by atoms with van der Waals surface area (Å²) in [5.41, 5.74) is 3.57. The highest BCUT2D eigenvalue weighted by Crippen LogP contribution is 2.29. The van der Waals surface area contributed by atoms with Crippen LogP contribution in [0.1, 0.15) is 17.2 Å². The van der Waals surface area contributed by atoms with Crippen molar-refractivity contribution < 1.29 is 0 Å². The zero-order valence-corrected chi connectivity index (χ0v) is 10.9. The van der Waals surface area contributed by atoms with E-state index < -0.39 is 0 Å². The molecule has 96 valence electrons. The summed E-state index contributed by atoms with van der Waals surface area (Å²) in [5.74, 6) is 0.266. The SMILES string of the molecule is CNCC(c1ccccn1)c1c[nH]c2ccccc12. The van der Waals surface area contributed by atoms with Crippen molar-refractivity contribution in [2.75, 3.05) is 13.6 Å². The molecule has 1 unspecified atom stereocenters. The van der Waals surface area contributed by atoms with Gasteiger partial charge in [0.05, 0.1) is 0 Å². The first kappa shape index (κ1) is 11.9. The number of benzene rings is 1. The van der Waals surface area contributed by atoms with Crippen molar-refractivity contribution in [2.24, 2.45) is 0 Å². The van der Waals surface area contributed by atoms with Crippen molar-refractivity contribution in [2.45, 2.75) is 5.92 Å². The number of hydrogen-bond donors (Lipinski definition) is 2. The molecule has 3 nitrogen and oxygen atoms in total. The van der Waals surface area contributed by atoms with E-state index in [1.165, 1.54) is 16.5 Å². The Balaban J connectivity index is 2.10. The number of pyridine rings is 1. The Labute approximate surface area is 112 Å². The number of fused-ring (bicyclic) bond motifs is 1. The van der Waals surface area contributed by atoms with E-state index in [4.69, 9.17) is 0 Å². The highest BCUT2D eigenvalue weighted by atomic mass is 14.8. The van der Waals surface area contributed by atoms with E-state index in [0.29, 0.717) is 0 Å². The summed E-state index contributed by atoms with van der Waals surface area (Å²) in [6, 6.07) is 14.5. The van der Waals surface area contributed by atoms with Gasteiger partial charge in [0.2, 0.25) is 0 Å². The highest BCUT2D eigenvalue weighted by Gasteiger charge is 2.17. The fourth-order valence-electron chi connectivity index (χ4n) is 2.54. The number of aromatic nitrogens is 2. The van der Waals surface area contributed by atoms with E-state index in [1.54, 1.807) is 0 Å². The number of nitrogens with zero attached hydrogens (tertiary/aromatic N) is 1. The molecule has 1 atom stereocenters. The van der Waals surface area contributed by atoms with Crippen molar-refractivity contribution in [3.63, 3.8) is 0 Å². The largest absolute Gasteiger partial charge is 0.361 e. The van der Waals surface area contributed by atoms with Gasteiger partial charge in [-0.15, -0.1) is 0 Å². The Morgan fingerprint density at radius 2 is 2.00 bits per heavy atom. The summed E-state index contributed by atoms with van der Waals surface area (Å²) in [6.45, 7) is 0.874. The van der Waals surface area contributed by atoms with E-state index in [2.05, 4.69) is 51.8 Å². The van der Waals surface area contributed by atoms with E-state index in [0.717, 1.165) is 12.2 Å². The third-order valence-corrected chi connectivity index (χ3v) is 3.45. The van der Waals surface area contributed by atoms with Crippen LogP contribution in [-0.2, 0) is 0 Å². The second-order valence-corrected chi connectivity index (χ2v) is 4.65. The summed E-state index contributed by atoms with van der Waals surface area (Å²) in [7, 11) is 1.98. The predicted octanol–water partition coefficient (Wildman–Crippen LogP) is 2.91. The van der Waals surface area contributed by atoms with Gasteiger partial charge in [-0.3, -0.25) is 4.98 Å². The third kappa shape index (κ3) is 2.25. The molecule has 0 aliphatic rings. The minimum absolute atomic E-state index is 0.266. The average molecular weight is 251 g/mol. The molecule has 3 rings (SSSR count). The predicted molar refractivity (Wildman–Crippen MR) is 78.3 cm³/mol. The second-order valence-electron chi connectivity index (χ2n) is 4.65. The fraction of sp³-hybridized carbons (Fsp3) is 0.188. The van der Waals surface area contributed by atoms with E-state index in [-0.39, 0.29) is 5.92 Å². The molecule has 0 saturated heterocycles. The Kier molecular flexibility index (Phi) is 3.29. The van der Waals surface area contributed by atoms with Crippen LogP contribution in [0.5, 0.6) is 0 Å². The van der Waals surface area contributed by atoms with Crippen molar-refractivity contribution in [1.29, 1.82) is 0 Å². The highest BCUT2D eigenvalue weighted by molar-refractivity contribution is 5.84. The van der Waals surface area contributed by atoms with Crippen LogP contribution >= 0.6 is 0 Å². The summed E-state index contributed by atoms with van der Waals surface area (Å²) < 4.78 is 0. The lowest BCUT2D eigenvalue weighted by atomic mass is 9.94. The van der Waals surface area contributed by atoms with Crippen molar-refractivity contribution in [3.8, 4) is 0 Å². The first-order valence-corrected chi connectivity index (χ1v) is 6.51. The van der Waals surface area contributed by atoms with Crippen LogP contribution in [-0.4, -0.2) is 23.6 Å². The number of aromatic amines is 1. The molecule has 3 aromatic rings. The number of para-hydroxylation sites is 1. The summed E-state index contributed by atoms with van der Waals surface area (Å²) >= 11 is 0. The van der Waals surface area contributed by atoms with Crippen LogP contribution in [0.25, 0.3) is 10.9 Å². The van der Waals surface area contributed by atoms with Gasteiger partial charge < -0.3 is 10.3 Å². The van der Waals surface area contributed by atoms with Gasteiger partial charge in [-0.1, -0.05) is 24.3 Å². The van der Waals surface area contributed by atoms with Crippen LogP contribution in [0.15, 0.2) is 54.9 Å². The standard InChI is InChI=1S/C16H17N3/c1-17-10-14(16-8-4-5-9-18-16)13-11-19-15-7-3-2-6-12(13)15/h2-9,11,14,17,19H,10H2,1H3. The number of rotatable bonds is 4. The first-order valence-electron chi connectivity index (χ1n) is 6.51. The van der Waals surface area contributed by atoms with Gasteiger partial charge >= 0.3 is 0 Å². The molecule has 0 aliphatic carbocycles. The maximum atomic E-state index is 4.51. The molecule has 0 bridgehead atoms. The van der Waals surface area contributed by atoms with Crippen molar-refractivity contribution >= 4 is 10.9 Å². The van der Waals surface area contributed by atoms with Crippen LogP contribution in [0.4, 0.5) is 0 Å². The van der Waals surface area contributed by atoms with Crippen LogP contribution in [0.3, 0.4) is 0 Å². The maximum absolute atomic E-state index is 4.51. The number of hydrogen-bond acceptors (Lipinski definition) is 2. The maximum Gasteiger partial charge on any atom is 0.0491 e. The lowest BCUT2D eigenvalue weighted by molar-refractivity contribution is 0.695. The van der Waals surface area contributed by atoms with Gasteiger partial charge in [-0.25, -0.2) is 0 Å². The van der Waals surface area contributed by atoms with Gasteiger partial charge in [0.25, 0.3) is 0 Å². The molecule has 0 radical (unpaired) electrons. The zero-order valence-electron chi connectivity index (χ0n) is 10.9. The van der Waals surface area contributed by atoms with Crippen LogP contribution < -0.4 is 5.32 Å². The molecule has 0 aliphatic heterocycles. The quantitative estimate of drug-likeness (QED) is 0.748. The van der Waals surface area contributed by atoms with Crippen LogP contribution in [0, 0.1) is 0 Å². The van der Waals surface area contributed by atoms with E-state index in [9.17, 15) is 0 Å². The molecule has 0 saturated carbocycles. The molecule has 0 fully saturated rings. The number of H-pyrrole nitrogens is 1. The monoisotopic (exact) mass is 251 g/mol. The van der Waals surface area contributed by atoms with Gasteiger partial charge in [0.1, 0.15) is 0 Å². The molecular formula is C16H17N3. The minimum Gasteiger partial charge on any atom is -0.361 e. The van der Waals surface area contributed by atoms with Gasteiger partial charge in [-0.05, 0) is 30.8 Å². The lowest BCUT2D eigenvalue weighted by Gasteiger charge is -2.15. The van der Waals surface area contributed by atoms with E-state index >= 15 is 0 Å². The van der Waals surface area contributed by atoms with Gasteiger partial charge in [0, 0.05) is 41.5 Å². The molecular weight excluding hydrogens is 234 g/mol. The van der Waals surface area contributed by atoms with Crippen molar-refractivity contribution in [1.82, 2.24) is 15.3 Å². The molecule has 2 heterocycles. The third-order valence-electron chi connectivity index (χ3n) is 3.45. The summed E-state index contributed by atoms with van der Waals surface area (Å²) in [5, 5.41) is 4.54. The first-order chi connectivity index (χ1) is 9.40. The van der Waals surface area contributed by atoms with Gasteiger partial charge in [-0.2, -0.15) is 0 Å². The summed E-state index contributed by atoms with van der Waals surface area (Å²) in [4.78, 5) is 7.85. The number of nitrogens with one attached hydrogen (secondary N) is 2. The molecule has 3 heteroatoms. The Morgan fingerprint density at radius 1 is 1.16 bits per heavy atom. The Morgan fingerprint density at radius 3 is 2.79 bits per heavy atom. The minimum atomic E-state index is 0.266. The Bertz CT molecular complexity index is 658. The lowest BCUT2D eigenvalue weighted by Crippen LogP contribution is -2.18. The molecule has 1 aromatic carbocycles. The molecule has 0 amide bonds. The normalized spacial score (nSPS) is 12.7. The molecule has 0 spiro atoms. The van der Waals surface area contributed by atoms with Crippen molar-refractivity contribution in [3.05, 3.63) is 66.1 Å². The second kappa shape index (κ2) is 5.24. The zero-order chi connectivity index (χ0) is 13.1. The summed E-state index contributed by atoms with van der Waals surface area (Å²) in [6.07, 6.45) is 3.95. The Hall–Kier alpha value is -2.13. The number of likely N-dealkylation sites (N-methyl/N-ethyl adjacent to an activating group) is 1. The van der Waals surface area contributed by atoms with Gasteiger partial charge in [0.15, 0.2) is 0 Å². The average Bonchev–Trinajstić information content (AvgIpc) is 2.89. The fourth-order valence-corrected chi connectivity index (χ4v) is 2.54. The smallest absolute Gasteiger partial charge is 0.0491 e. The van der Waals surface area contributed by atoms with E-state index in [1.807, 2.05) is 25.4 Å².